The Morgan fingerprint density at radius 3 is 2.83 bits per heavy atom. The third-order valence-corrected chi connectivity index (χ3v) is 5.04. The topological polar surface area (TPSA) is 86.5 Å². The summed E-state index contributed by atoms with van der Waals surface area (Å²) >= 11 is 0. The molecule has 124 valence electrons. The molecule has 1 aromatic carbocycles. The van der Waals surface area contributed by atoms with Gasteiger partial charge in [-0.3, -0.25) is 4.79 Å². The fourth-order valence-corrected chi connectivity index (χ4v) is 4.20. The van der Waals surface area contributed by atoms with Crippen LogP contribution in [0.2, 0.25) is 0 Å². The molecule has 1 aromatic rings. The first-order chi connectivity index (χ1) is 10.9. The van der Waals surface area contributed by atoms with Crippen LogP contribution in [0.4, 0.5) is 0 Å². The van der Waals surface area contributed by atoms with Gasteiger partial charge >= 0.3 is 10.3 Å². The quantitative estimate of drug-likeness (QED) is 0.916. The van der Waals surface area contributed by atoms with Crippen molar-refractivity contribution in [1.82, 2.24) is 0 Å². The molecule has 0 aliphatic heterocycles. The van der Waals surface area contributed by atoms with E-state index in [-0.39, 0.29) is 11.5 Å². The molecular formula is C17H21NO4S. The van der Waals surface area contributed by atoms with Crippen molar-refractivity contribution in [2.45, 2.75) is 45.4 Å². The number of nitrogens with two attached hydrogens (primary N) is 1. The lowest BCUT2D eigenvalue weighted by molar-refractivity contribution is -0.115. The predicted molar refractivity (Wildman–Crippen MR) is 88.1 cm³/mol. The molecule has 2 N–H and O–H groups in total. The zero-order valence-electron chi connectivity index (χ0n) is 13.2. The molecule has 23 heavy (non-hydrogen) atoms. The van der Waals surface area contributed by atoms with Crippen molar-refractivity contribution in [3.8, 4) is 5.75 Å². The van der Waals surface area contributed by atoms with E-state index in [1.54, 1.807) is 12.1 Å². The highest BCUT2D eigenvalue weighted by atomic mass is 32.2. The largest absolute Gasteiger partial charge is 0.380 e. The van der Waals surface area contributed by atoms with E-state index in [4.69, 9.17) is 9.32 Å². The first-order valence-electron chi connectivity index (χ1n) is 8.00. The summed E-state index contributed by atoms with van der Waals surface area (Å²) in [5.74, 6) is 0.687. The summed E-state index contributed by atoms with van der Waals surface area (Å²) in [5.41, 5.74) is 4.03. The van der Waals surface area contributed by atoms with Crippen LogP contribution in [0.25, 0.3) is 5.57 Å². The van der Waals surface area contributed by atoms with Crippen molar-refractivity contribution in [3.63, 3.8) is 0 Å². The second-order valence-corrected chi connectivity index (χ2v) is 7.42. The molecule has 0 aromatic heterocycles. The molecule has 0 fully saturated rings. The first kappa shape index (κ1) is 16.2. The van der Waals surface area contributed by atoms with Crippen LogP contribution in [-0.4, -0.2) is 14.2 Å². The summed E-state index contributed by atoms with van der Waals surface area (Å²) in [4.78, 5) is 12.6. The maximum atomic E-state index is 12.6. The minimum Gasteiger partial charge on any atom is -0.371 e. The Balaban J connectivity index is 2.02. The first-order valence-corrected chi connectivity index (χ1v) is 9.48. The van der Waals surface area contributed by atoms with Crippen molar-refractivity contribution in [2.75, 3.05) is 0 Å². The maximum Gasteiger partial charge on any atom is 0.380 e. The molecule has 1 atom stereocenters. The van der Waals surface area contributed by atoms with Crippen LogP contribution in [0.3, 0.4) is 0 Å². The van der Waals surface area contributed by atoms with Gasteiger partial charge in [0.2, 0.25) is 0 Å². The Morgan fingerprint density at radius 1 is 1.35 bits per heavy atom. The molecule has 0 bridgehead atoms. The average Bonchev–Trinajstić information content (AvgIpc) is 2.45. The monoisotopic (exact) mass is 335 g/mol. The average molecular weight is 335 g/mol. The second kappa shape index (κ2) is 6.09. The van der Waals surface area contributed by atoms with Crippen LogP contribution < -0.4 is 9.32 Å². The summed E-state index contributed by atoms with van der Waals surface area (Å²) in [6.45, 7) is 2.15. The molecular weight excluding hydrogens is 314 g/mol. The van der Waals surface area contributed by atoms with Gasteiger partial charge in [-0.15, -0.1) is 0 Å². The van der Waals surface area contributed by atoms with E-state index >= 15 is 0 Å². The summed E-state index contributed by atoms with van der Waals surface area (Å²) in [5, 5.41) is 4.90. The molecule has 3 rings (SSSR count). The van der Waals surface area contributed by atoms with Gasteiger partial charge in [-0.05, 0) is 60.4 Å². The predicted octanol–water partition coefficient (Wildman–Crippen LogP) is 2.75. The number of ketones is 1. The van der Waals surface area contributed by atoms with Gasteiger partial charge in [-0.1, -0.05) is 19.4 Å². The molecule has 1 unspecified atom stereocenters. The summed E-state index contributed by atoms with van der Waals surface area (Å²) in [6, 6.07) is 5.07. The number of fused-ring (bicyclic) bond motifs is 2. The molecule has 0 saturated carbocycles. The SMILES string of the molecule is CCCC1CCCC2=C1C(=O)Cc1cc(OS(N)(=O)=O)ccc12. The van der Waals surface area contributed by atoms with Gasteiger partial charge in [0.15, 0.2) is 5.78 Å². The molecule has 5 nitrogen and oxygen atoms in total. The van der Waals surface area contributed by atoms with Gasteiger partial charge in [0.1, 0.15) is 5.75 Å². The van der Waals surface area contributed by atoms with Gasteiger partial charge < -0.3 is 4.18 Å². The van der Waals surface area contributed by atoms with Crippen molar-refractivity contribution < 1.29 is 17.4 Å². The Hall–Kier alpha value is -1.66. The van der Waals surface area contributed by atoms with Crippen molar-refractivity contribution in [2.24, 2.45) is 11.1 Å². The van der Waals surface area contributed by atoms with E-state index in [1.165, 1.54) is 0 Å². The third kappa shape index (κ3) is 3.33. The van der Waals surface area contributed by atoms with Gasteiger partial charge in [0, 0.05) is 12.0 Å². The van der Waals surface area contributed by atoms with Gasteiger partial charge in [-0.2, -0.15) is 13.6 Å². The van der Waals surface area contributed by atoms with Crippen LogP contribution in [0.1, 0.15) is 50.2 Å². The number of rotatable bonds is 4. The minimum absolute atomic E-state index is 0.156. The fraction of sp³-hybridized carbons (Fsp3) is 0.471. The summed E-state index contributed by atoms with van der Waals surface area (Å²) in [6.07, 6.45) is 5.50. The molecule has 0 saturated heterocycles. The highest BCUT2D eigenvalue weighted by Crippen LogP contribution is 2.43. The number of hydrogen-bond acceptors (Lipinski definition) is 4. The smallest absolute Gasteiger partial charge is 0.371 e. The molecule has 0 radical (unpaired) electrons. The third-order valence-electron chi connectivity index (χ3n) is 4.62. The maximum absolute atomic E-state index is 12.6. The Labute approximate surface area is 136 Å². The second-order valence-electron chi connectivity index (χ2n) is 6.27. The Morgan fingerprint density at radius 2 is 2.13 bits per heavy atom. The highest BCUT2D eigenvalue weighted by molar-refractivity contribution is 7.84. The van der Waals surface area contributed by atoms with Crippen LogP contribution in [0, 0.1) is 5.92 Å². The lowest BCUT2D eigenvalue weighted by Gasteiger charge is -2.32. The number of hydrogen-bond donors (Lipinski definition) is 1. The fourth-order valence-electron chi connectivity index (χ4n) is 3.83. The standard InChI is InChI=1S/C17H21NO4S/c1-2-4-11-5-3-6-15-14-8-7-13(22-23(18,20)21)9-12(14)10-16(19)17(11)15/h7-9,11H,2-6,10H2,1H3,(H2,18,20,21). The number of Topliss-reactive ketones (excluding diaryl/α,β-unsaturated/α-hetero) is 1. The van der Waals surface area contributed by atoms with Crippen LogP contribution in [0.5, 0.6) is 5.75 Å². The number of allylic oxidation sites excluding steroid dienone is 2. The summed E-state index contributed by atoms with van der Waals surface area (Å²) < 4.78 is 26.8. The van der Waals surface area contributed by atoms with E-state index in [0.29, 0.717) is 12.3 Å². The van der Waals surface area contributed by atoms with Gasteiger partial charge in [0.05, 0.1) is 0 Å². The van der Waals surface area contributed by atoms with E-state index in [0.717, 1.165) is 54.4 Å². The molecule has 0 spiro atoms. The van der Waals surface area contributed by atoms with E-state index < -0.39 is 10.3 Å². The van der Waals surface area contributed by atoms with Crippen LogP contribution >= 0.6 is 0 Å². The van der Waals surface area contributed by atoms with Crippen molar-refractivity contribution in [1.29, 1.82) is 0 Å². The lowest BCUT2D eigenvalue weighted by Crippen LogP contribution is -2.25. The highest BCUT2D eigenvalue weighted by Gasteiger charge is 2.32. The van der Waals surface area contributed by atoms with E-state index in [9.17, 15) is 13.2 Å². The van der Waals surface area contributed by atoms with Crippen molar-refractivity contribution in [3.05, 3.63) is 34.9 Å². The minimum atomic E-state index is -4.05. The molecule has 0 heterocycles. The van der Waals surface area contributed by atoms with Gasteiger partial charge in [-0.25, -0.2) is 0 Å². The van der Waals surface area contributed by atoms with Gasteiger partial charge in [0.25, 0.3) is 0 Å². The van der Waals surface area contributed by atoms with Crippen LogP contribution in [0.15, 0.2) is 23.8 Å². The molecule has 0 amide bonds. The van der Waals surface area contributed by atoms with E-state index in [2.05, 4.69) is 6.92 Å². The number of carbonyl (C=O) groups is 1. The summed E-state index contributed by atoms with van der Waals surface area (Å²) in [7, 11) is -4.05. The van der Waals surface area contributed by atoms with Crippen molar-refractivity contribution >= 4 is 21.7 Å². The normalized spacial score (nSPS) is 21.0. The lowest BCUT2D eigenvalue weighted by atomic mass is 9.71. The van der Waals surface area contributed by atoms with Crippen LogP contribution in [-0.2, 0) is 21.5 Å². The zero-order valence-corrected chi connectivity index (χ0v) is 14.0. The zero-order chi connectivity index (χ0) is 16.6. The Kier molecular flexibility index (Phi) is 4.29. The molecule has 2 aliphatic carbocycles. The number of benzene rings is 1. The molecule has 2 aliphatic rings. The van der Waals surface area contributed by atoms with E-state index in [1.807, 2.05) is 6.07 Å². The Bertz CT molecular complexity index is 780. The molecule has 6 heteroatoms. The number of carbonyl (C=O) groups excluding carboxylic acids is 1.